The Hall–Kier alpha value is -2.73. The van der Waals surface area contributed by atoms with Crippen LogP contribution in [0.3, 0.4) is 0 Å². The van der Waals surface area contributed by atoms with E-state index < -0.39 is 0 Å². The summed E-state index contributed by atoms with van der Waals surface area (Å²) < 4.78 is 13.3. The predicted octanol–water partition coefficient (Wildman–Crippen LogP) is 2.89. The van der Waals surface area contributed by atoms with Crippen LogP contribution in [0.4, 0.5) is 10.1 Å². The van der Waals surface area contributed by atoms with E-state index in [-0.39, 0.29) is 30.3 Å². The number of aliphatic hydroxyl groups is 1. The van der Waals surface area contributed by atoms with E-state index in [9.17, 15) is 14.0 Å². The molecule has 25 heavy (non-hydrogen) atoms. The lowest BCUT2D eigenvalue weighted by Crippen LogP contribution is -2.36. The van der Waals surface area contributed by atoms with Gasteiger partial charge in [-0.1, -0.05) is 6.92 Å². The number of halogens is 1. The van der Waals surface area contributed by atoms with E-state index in [0.29, 0.717) is 28.8 Å². The van der Waals surface area contributed by atoms with Gasteiger partial charge in [0.05, 0.1) is 12.6 Å². The number of amides is 2. The summed E-state index contributed by atoms with van der Waals surface area (Å²) in [5.41, 5.74) is 1.71. The number of rotatable bonds is 6. The zero-order chi connectivity index (χ0) is 18.4. The SMILES string of the molecule is CCC(CO)NC(=O)c1ccc(NC(=O)c2ccc(F)c(C)c2)cc1. The third-order valence-corrected chi connectivity index (χ3v) is 3.87. The van der Waals surface area contributed by atoms with Crippen LogP contribution < -0.4 is 10.6 Å². The molecule has 3 N–H and O–H groups in total. The molecule has 132 valence electrons. The van der Waals surface area contributed by atoms with Gasteiger partial charge < -0.3 is 15.7 Å². The van der Waals surface area contributed by atoms with Crippen LogP contribution in [0.1, 0.15) is 39.6 Å². The van der Waals surface area contributed by atoms with Crippen LogP contribution in [0.5, 0.6) is 0 Å². The van der Waals surface area contributed by atoms with Crippen molar-refractivity contribution >= 4 is 17.5 Å². The van der Waals surface area contributed by atoms with Crippen molar-refractivity contribution in [3.05, 3.63) is 65.0 Å². The maximum absolute atomic E-state index is 13.3. The van der Waals surface area contributed by atoms with Gasteiger partial charge in [0.15, 0.2) is 0 Å². The molecule has 0 saturated heterocycles. The molecule has 6 heteroatoms. The number of anilines is 1. The fourth-order valence-corrected chi connectivity index (χ4v) is 2.24. The minimum absolute atomic E-state index is 0.118. The first-order chi connectivity index (χ1) is 11.9. The van der Waals surface area contributed by atoms with Gasteiger partial charge in [-0.05, 0) is 61.4 Å². The molecule has 0 bridgehead atoms. The molecule has 5 nitrogen and oxygen atoms in total. The molecule has 0 aliphatic rings. The highest BCUT2D eigenvalue weighted by Crippen LogP contribution is 2.14. The summed E-state index contributed by atoms with van der Waals surface area (Å²) in [7, 11) is 0. The van der Waals surface area contributed by atoms with Crippen molar-refractivity contribution < 1.29 is 19.1 Å². The minimum Gasteiger partial charge on any atom is -0.394 e. The summed E-state index contributed by atoms with van der Waals surface area (Å²) in [5, 5.41) is 14.5. The highest BCUT2D eigenvalue weighted by atomic mass is 19.1. The first-order valence-electron chi connectivity index (χ1n) is 8.04. The van der Waals surface area contributed by atoms with Crippen molar-refractivity contribution in [1.29, 1.82) is 0 Å². The topological polar surface area (TPSA) is 78.4 Å². The Morgan fingerprint density at radius 2 is 1.72 bits per heavy atom. The van der Waals surface area contributed by atoms with Crippen LogP contribution in [-0.2, 0) is 0 Å². The lowest BCUT2D eigenvalue weighted by Gasteiger charge is -2.14. The van der Waals surface area contributed by atoms with E-state index in [4.69, 9.17) is 5.11 Å². The summed E-state index contributed by atoms with van der Waals surface area (Å²) in [6.07, 6.45) is 0.632. The molecule has 0 aliphatic heterocycles. The standard InChI is InChI=1S/C19H21FN2O3/c1-3-15(11-23)21-18(24)13-4-7-16(8-5-13)22-19(25)14-6-9-17(20)12(2)10-14/h4-10,15,23H,3,11H2,1-2H3,(H,21,24)(H,22,25). The number of carbonyl (C=O) groups is 2. The third-order valence-electron chi connectivity index (χ3n) is 3.87. The molecule has 2 amide bonds. The molecule has 0 fully saturated rings. The summed E-state index contributed by atoms with van der Waals surface area (Å²) in [5.74, 6) is -1.00. The zero-order valence-electron chi connectivity index (χ0n) is 14.2. The van der Waals surface area contributed by atoms with Crippen LogP contribution in [0.25, 0.3) is 0 Å². The molecule has 2 rings (SSSR count). The molecule has 0 aliphatic carbocycles. The van der Waals surface area contributed by atoms with Crippen molar-refractivity contribution in [1.82, 2.24) is 5.32 Å². The summed E-state index contributed by atoms with van der Waals surface area (Å²) in [4.78, 5) is 24.2. The number of aliphatic hydroxyl groups excluding tert-OH is 1. The van der Waals surface area contributed by atoms with Crippen molar-refractivity contribution in [2.24, 2.45) is 0 Å². The summed E-state index contributed by atoms with van der Waals surface area (Å²) in [6.45, 7) is 3.35. The fourth-order valence-electron chi connectivity index (χ4n) is 2.24. The van der Waals surface area contributed by atoms with E-state index in [0.717, 1.165) is 0 Å². The lowest BCUT2D eigenvalue weighted by atomic mass is 10.1. The number of hydrogen-bond donors (Lipinski definition) is 3. The Labute approximate surface area is 145 Å². The van der Waals surface area contributed by atoms with Gasteiger partial charge in [0.25, 0.3) is 11.8 Å². The minimum atomic E-state index is -0.361. The zero-order valence-corrected chi connectivity index (χ0v) is 14.2. The highest BCUT2D eigenvalue weighted by Gasteiger charge is 2.12. The van der Waals surface area contributed by atoms with Crippen molar-refractivity contribution in [3.8, 4) is 0 Å². The van der Waals surface area contributed by atoms with Gasteiger partial charge in [-0.3, -0.25) is 9.59 Å². The van der Waals surface area contributed by atoms with Gasteiger partial charge in [0.2, 0.25) is 0 Å². The van der Waals surface area contributed by atoms with E-state index in [1.54, 1.807) is 31.2 Å². The quantitative estimate of drug-likeness (QED) is 0.754. The van der Waals surface area contributed by atoms with E-state index >= 15 is 0 Å². The number of nitrogens with one attached hydrogen (secondary N) is 2. The number of hydrogen-bond acceptors (Lipinski definition) is 3. The Morgan fingerprint density at radius 1 is 1.08 bits per heavy atom. The van der Waals surface area contributed by atoms with Gasteiger partial charge in [-0.2, -0.15) is 0 Å². The van der Waals surface area contributed by atoms with Gasteiger partial charge in [0.1, 0.15) is 5.82 Å². The molecule has 0 spiro atoms. The third kappa shape index (κ3) is 4.87. The normalized spacial score (nSPS) is 11.7. The highest BCUT2D eigenvalue weighted by molar-refractivity contribution is 6.04. The predicted molar refractivity (Wildman–Crippen MR) is 94.2 cm³/mol. The largest absolute Gasteiger partial charge is 0.394 e. The smallest absolute Gasteiger partial charge is 0.255 e. The van der Waals surface area contributed by atoms with Crippen LogP contribution >= 0.6 is 0 Å². The molecule has 1 unspecified atom stereocenters. The molecular weight excluding hydrogens is 323 g/mol. The van der Waals surface area contributed by atoms with Crippen LogP contribution in [0, 0.1) is 12.7 Å². The summed E-state index contributed by atoms with van der Waals surface area (Å²) >= 11 is 0. The average molecular weight is 344 g/mol. The van der Waals surface area contributed by atoms with E-state index in [1.807, 2.05) is 6.92 Å². The van der Waals surface area contributed by atoms with E-state index in [2.05, 4.69) is 10.6 Å². The molecule has 0 radical (unpaired) electrons. The Balaban J connectivity index is 2.03. The first kappa shape index (κ1) is 18.6. The summed E-state index contributed by atoms with van der Waals surface area (Å²) in [6, 6.07) is 10.3. The monoisotopic (exact) mass is 344 g/mol. The molecule has 0 heterocycles. The van der Waals surface area contributed by atoms with Crippen molar-refractivity contribution in [2.45, 2.75) is 26.3 Å². The van der Waals surface area contributed by atoms with Crippen LogP contribution in [0.15, 0.2) is 42.5 Å². The van der Waals surface area contributed by atoms with Crippen LogP contribution in [0.2, 0.25) is 0 Å². The second-order valence-electron chi connectivity index (χ2n) is 5.76. The second kappa shape index (κ2) is 8.39. The Kier molecular flexibility index (Phi) is 6.25. The maximum atomic E-state index is 13.3. The first-order valence-corrected chi connectivity index (χ1v) is 8.04. The molecule has 2 aromatic carbocycles. The van der Waals surface area contributed by atoms with Gasteiger partial charge >= 0.3 is 0 Å². The molecule has 0 aromatic heterocycles. The maximum Gasteiger partial charge on any atom is 0.255 e. The van der Waals surface area contributed by atoms with Gasteiger partial charge in [0, 0.05) is 16.8 Å². The molecule has 1 atom stereocenters. The van der Waals surface area contributed by atoms with Crippen molar-refractivity contribution in [2.75, 3.05) is 11.9 Å². The fraction of sp³-hybridized carbons (Fsp3) is 0.263. The number of aryl methyl sites for hydroxylation is 1. The number of benzene rings is 2. The van der Waals surface area contributed by atoms with E-state index in [1.165, 1.54) is 18.2 Å². The van der Waals surface area contributed by atoms with Gasteiger partial charge in [-0.25, -0.2) is 4.39 Å². The number of carbonyl (C=O) groups excluding carboxylic acids is 2. The van der Waals surface area contributed by atoms with Crippen molar-refractivity contribution in [3.63, 3.8) is 0 Å². The van der Waals surface area contributed by atoms with Crippen LogP contribution in [-0.4, -0.2) is 29.6 Å². The van der Waals surface area contributed by atoms with Gasteiger partial charge in [-0.15, -0.1) is 0 Å². The second-order valence-corrected chi connectivity index (χ2v) is 5.76. The Morgan fingerprint density at radius 3 is 2.28 bits per heavy atom. The lowest BCUT2D eigenvalue weighted by molar-refractivity contribution is 0.0914. The average Bonchev–Trinajstić information content (AvgIpc) is 2.62. The Bertz CT molecular complexity index is 756. The molecule has 0 saturated carbocycles. The molecule has 2 aromatic rings. The molecular formula is C19H21FN2O3.